The molecule has 2 heteroatoms. The Bertz CT molecular complexity index is 333. The summed E-state index contributed by atoms with van der Waals surface area (Å²) in [4.78, 5) is 11.9. The fraction of sp³-hybridized carbons (Fsp3) is 0.875. The Balaban J connectivity index is 3.42. The third-order valence-electron chi connectivity index (χ3n) is 5.06. The fourth-order valence-electron chi connectivity index (χ4n) is 3.19. The van der Waals surface area contributed by atoms with Crippen molar-refractivity contribution in [2.75, 3.05) is 6.61 Å². The predicted molar refractivity (Wildman–Crippen MR) is 115 cm³/mol. The number of hydrogen-bond acceptors (Lipinski definition) is 2. The van der Waals surface area contributed by atoms with Crippen LogP contribution in [0.5, 0.6) is 0 Å². The molecule has 26 heavy (non-hydrogen) atoms. The minimum atomic E-state index is -0.119. The van der Waals surface area contributed by atoms with Crippen LogP contribution >= 0.6 is 0 Å². The second kappa shape index (κ2) is 20.5. The third kappa shape index (κ3) is 18.0. The molecule has 2 nitrogen and oxygen atoms in total. The van der Waals surface area contributed by atoms with E-state index in [1.54, 1.807) is 0 Å². The van der Waals surface area contributed by atoms with Crippen LogP contribution in [-0.2, 0) is 9.53 Å². The Morgan fingerprint density at radius 2 is 1.08 bits per heavy atom. The van der Waals surface area contributed by atoms with E-state index in [0.29, 0.717) is 6.61 Å². The van der Waals surface area contributed by atoms with Gasteiger partial charge in [0, 0.05) is 5.57 Å². The average molecular weight is 367 g/mol. The van der Waals surface area contributed by atoms with Gasteiger partial charge in [-0.25, -0.2) is 4.79 Å². The van der Waals surface area contributed by atoms with Crippen molar-refractivity contribution >= 4 is 5.97 Å². The van der Waals surface area contributed by atoms with Crippen molar-refractivity contribution < 1.29 is 9.53 Å². The summed E-state index contributed by atoms with van der Waals surface area (Å²) in [5.41, 5.74) is 0.783. The lowest BCUT2D eigenvalue weighted by Gasteiger charge is -2.06. The summed E-state index contributed by atoms with van der Waals surface area (Å²) in [5, 5.41) is 0. The zero-order chi connectivity index (χ0) is 19.3. The van der Waals surface area contributed by atoms with Crippen molar-refractivity contribution in [3.05, 3.63) is 11.6 Å². The van der Waals surface area contributed by atoms with Gasteiger partial charge in [-0.1, -0.05) is 110 Å². The molecule has 0 aromatic heterocycles. The number of esters is 1. The van der Waals surface area contributed by atoms with E-state index >= 15 is 0 Å². The smallest absolute Gasteiger partial charge is 0.333 e. The highest BCUT2D eigenvalue weighted by Gasteiger charge is 2.04. The Morgan fingerprint density at radius 1 is 0.654 bits per heavy atom. The van der Waals surface area contributed by atoms with E-state index in [4.69, 9.17) is 4.74 Å². The van der Waals surface area contributed by atoms with Crippen LogP contribution in [0.1, 0.15) is 130 Å². The summed E-state index contributed by atoms with van der Waals surface area (Å²) >= 11 is 0. The fourth-order valence-corrected chi connectivity index (χ4v) is 3.19. The molecule has 0 aromatic rings. The molecule has 0 fully saturated rings. The molecule has 0 heterocycles. The van der Waals surface area contributed by atoms with Crippen LogP contribution in [0.15, 0.2) is 11.6 Å². The molecule has 0 saturated carbocycles. The van der Waals surface area contributed by atoms with Crippen molar-refractivity contribution in [3.63, 3.8) is 0 Å². The van der Waals surface area contributed by atoms with E-state index in [0.717, 1.165) is 18.4 Å². The topological polar surface area (TPSA) is 26.3 Å². The summed E-state index contributed by atoms with van der Waals surface area (Å²) in [7, 11) is 0. The van der Waals surface area contributed by atoms with Crippen LogP contribution in [-0.4, -0.2) is 12.6 Å². The minimum absolute atomic E-state index is 0.119. The van der Waals surface area contributed by atoms with Crippen LogP contribution in [0.25, 0.3) is 0 Å². The first-order chi connectivity index (χ1) is 12.7. The van der Waals surface area contributed by atoms with Gasteiger partial charge in [-0.2, -0.15) is 0 Å². The Kier molecular flexibility index (Phi) is 19.9. The molecule has 0 aliphatic heterocycles. The first kappa shape index (κ1) is 25.2. The lowest BCUT2D eigenvalue weighted by molar-refractivity contribution is -0.139. The highest BCUT2D eigenvalue weighted by atomic mass is 16.5. The van der Waals surface area contributed by atoms with Gasteiger partial charge in [0.2, 0.25) is 0 Å². The molecular formula is C24H46O2. The maximum Gasteiger partial charge on any atom is 0.333 e. The van der Waals surface area contributed by atoms with Gasteiger partial charge >= 0.3 is 5.97 Å². The molecule has 154 valence electrons. The van der Waals surface area contributed by atoms with Crippen molar-refractivity contribution in [1.82, 2.24) is 0 Å². The van der Waals surface area contributed by atoms with Gasteiger partial charge in [0.05, 0.1) is 6.61 Å². The second-order valence-electron chi connectivity index (χ2n) is 7.76. The van der Waals surface area contributed by atoms with Gasteiger partial charge in [0.25, 0.3) is 0 Å². The molecule has 0 radical (unpaired) electrons. The van der Waals surface area contributed by atoms with E-state index in [2.05, 4.69) is 19.9 Å². The highest BCUT2D eigenvalue weighted by Crippen LogP contribution is 2.11. The standard InChI is InChI=1S/C24H46O2/c1-4-6-8-10-12-13-14-16-18-20-22-26-24(25)23(3)21-19-17-15-11-9-7-5-2/h21H,4-20,22H2,1-3H3. The molecule has 0 bridgehead atoms. The van der Waals surface area contributed by atoms with Crippen molar-refractivity contribution in [2.24, 2.45) is 0 Å². The first-order valence-corrected chi connectivity index (χ1v) is 11.6. The van der Waals surface area contributed by atoms with Crippen LogP contribution in [0.3, 0.4) is 0 Å². The van der Waals surface area contributed by atoms with Gasteiger partial charge < -0.3 is 4.74 Å². The molecule has 0 aliphatic carbocycles. The molecular weight excluding hydrogens is 320 g/mol. The Hall–Kier alpha value is -0.790. The van der Waals surface area contributed by atoms with Gasteiger partial charge in [-0.15, -0.1) is 0 Å². The molecule has 0 spiro atoms. The first-order valence-electron chi connectivity index (χ1n) is 11.6. The molecule has 0 N–H and O–H groups in total. The second-order valence-corrected chi connectivity index (χ2v) is 7.76. The van der Waals surface area contributed by atoms with E-state index in [1.807, 2.05) is 6.92 Å². The molecule has 0 aliphatic rings. The molecule has 0 unspecified atom stereocenters. The quantitative estimate of drug-likeness (QED) is 0.131. The third-order valence-corrected chi connectivity index (χ3v) is 5.06. The number of rotatable bonds is 19. The monoisotopic (exact) mass is 366 g/mol. The highest BCUT2D eigenvalue weighted by molar-refractivity contribution is 5.87. The zero-order valence-electron chi connectivity index (χ0n) is 18.1. The van der Waals surface area contributed by atoms with Crippen LogP contribution in [0, 0.1) is 0 Å². The zero-order valence-corrected chi connectivity index (χ0v) is 18.1. The van der Waals surface area contributed by atoms with Gasteiger partial charge in [0.1, 0.15) is 0 Å². The van der Waals surface area contributed by atoms with E-state index < -0.39 is 0 Å². The van der Waals surface area contributed by atoms with Crippen molar-refractivity contribution in [3.8, 4) is 0 Å². The molecule has 0 amide bonds. The number of carbonyl (C=O) groups excluding carboxylic acids is 1. The van der Waals surface area contributed by atoms with E-state index in [1.165, 1.54) is 96.3 Å². The summed E-state index contributed by atoms with van der Waals surface area (Å²) in [6, 6.07) is 0. The molecule has 0 atom stereocenters. The SMILES string of the molecule is CCCCCCCCC=C(C)C(=O)OCCCCCCCCCCCC. The lowest BCUT2D eigenvalue weighted by atomic mass is 10.1. The van der Waals surface area contributed by atoms with Gasteiger partial charge in [0.15, 0.2) is 0 Å². The number of hydrogen-bond donors (Lipinski definition) is 0. The molecule has 0 aromatic carbocycles. The summed E-state index contributed by atoms with van der Waals surface area (Å²) in [6.07, 6.45) is 23.9. The number of unbranched alkanes of at least 4 members (excludes halogenated alkanes) is 15. The van der Waals surface area contributed by atoms with Gasteiger partial charge in [-0.3, -0.25) is 0 Å². The van der Waals surface area contributed by atoms with Crippen LogP contribution < -0.4 is 0 Å². The predicted octanol–water partition coefficient (Wildman–Crippen LogP) is 8.15. The normalized spacial score (nSPS) is 11.7. The lowest BCUT2D eigenvalue weighted by Crippen LogP contribution is -2.07. The van der Waals surface area contributed by atoms with Gasteiger partial charge in [-0.05, 0) is 26.2 Å². The van der Waals surface area contributed by atoms with Crippen molar-refractivity contribution in [2.45, 2.75) is 130 Å². The maximum absolute atomic E-state index is 11.9. The summed E-state index contributed by atoms with van der Waals surface area (Å²) in [6.45, 7) is 6.97. The van der Waals surface area contributed by atoms with Crippen LogP contribution in [0.2, 0.25) is 0 Å². The summed E-state index contributed by atoms with van der Waals surface area (Å²) < 4.78 is 5.38. The minimum Gasteiger partial charge on any atom is -0.462 e. The Labute approximate surface area is 164 Å². The number of carbonyl (C=O) groups is 1. The Morgan fingerprint density at radius 3 is 1.58 bits per heavy atom. The molecule has 0 saturated heterocycles. The number of allylic oxidation sites excluding steroid dienone is 1. The van der Waals surface area contributed by atoms with Crippen LogP contribution in [0.4, 0.5) is 0 Å². The number of ether oxygens (including phenoxy) is 1. The molecule has 0 rings (SSSR count). The van der Waals surface area contributed by atoms with E-state index in [-0.39, 0.29) is 5.97 Å². The largest absolute Gasteiger partial charge is 0.462 e. The summed E-state index contributed by atoms with van der Waals surface area (Å²) in [5.74, 6) is -0.119. The van der Waals surface area contributed by atoms with E-state index in [9.17, 15) is 4.79 Å². The maximum atomic E-state index is 11.9. The average Bonchev–Trinajstić information content (AvgIpc) is 2.65. The van der Waals surface area contributed by atoms with Crippen molar-refractivity contribution in [1.29, 1.82) is 0 Å².